The summed E-state index contributed by atoms with van der Waals surface area (Å²) in [7, 11) is 0. The highest BCUT2D eigenvalue weighted by Gasteiger charge is 2.38. The van der Waals surface area contributed by atoms with Gasteiger partial charge < -0.3 is 4.74 Å². The number of ether oxygens (including phenoxy) is 1. The van der Waals surface area contributed by atoms with E-state index < -0.39 is 0 Å². The lowest BCUT2D eigenvalue weighted by molar-refractivity contribution is -0.142. The molecule has 1 saturated carbocycles. The lowest BCUT2D eigenvalue weighted by atomic mass is 9.70. The minimum Gasteiger partial charge on any atom is -0.426 e. The summed E-state index contributed by atoms with van der Waals surface area (Å²) in [6.45, 7) is 1.96. The molecule has 0 bridgehead atoms. The maximum atomic E-state index is 12.3. The van der Waals surface area contributed by atoms with Gasteiger partial charge in [-0.05, 0) is 42.9 Å². The smallest absolute Gasteiger partial charge is 0.314 e. The first-order valence-electron chi connectivity index (χ1n) is 9.08. The summed E-state index contributed by atoms with van der Waals surface area (Å²) < 4.78 is 5.56. The topological polar surface area (TPSA) is 26.3 Å². The first kappa shape index (κ1) is 17.9. The minimum absolute atomic E-state index is 0.00277. The standard InChI is InChI=1S/C18H18O2.C6H6/c1-13-7-5-6-10-17(13)20-18(19)16-12-11-15(16)14-8-3-2-4-9-14;1-2-4-6-5-3-1/h2-10,15-16H,11-12H2,1H3;1-6H. The number of esters is 1. The van der Waals surface area contributed by atoms with Crippen LogP contribution in [0.5, 0.6) is 5.75 Å². The zero-order valence-electron chi connectivity index (χ0n) is 15.0. The molecule has 0 N–H and O–H groups in total. The van der Waals surface area contributed by atoms with E-state index in [9.17, 15) is 4.79 Å². The van der Waals surface area contributed by atoms with Gasteiger partial charge in [-0.25, -0.2) is 0 Å². The van der Waals surface area contributed by atoms with Crippen LogP contribution < -0.4 is 4.74 Å². The number of para-hydroxylation sites is 1. The van der Waals surface area contributed by atoms with Crippen molar-refractivity contribution >= 4 is 5.97 Å². The predicted molar refractivity (Wildman–Crippen MR) is 105 cm³/mol. The van der Waals surface area contributed by atoms with Crippen LogP contribution in [-0.2, 0) is 4.79 Å². The summed E-state index contributed by atoms with van der Waals surface area (Å²) in [4.78, 5) is 12.3. The van der Waals surface area contributed by atoms with Gasteiger partial charge in [0.2, 0.25) is 0 Å². The van der Waals surface area contributed by atoms with Crippen molar-refractivity contribution in [3.05, 3.63) is 102 Å². The van der Waals surface area contributed by atoms with Gasteiger partial charge in [-0.15, -0.1) is 0 Å². The third-order valence-corrected chi connectivity index (χ3v) is 4.78. The van der Waals surface area contributed by atoms with Crippen molar-refractivity contribution in [2.24, 2.45) is 5.92 Å². The summed E-state index contributed by atoms with van der Waals surface area (Å²) >= 11 is 0. The minimum atomic E-state index is -0.0978. The summed E-state index contributed by atoms with van der Waals surface area (Å²) in [5.74, 6) is 0.889. The Labute approximate surface area is 155 Å². The van der Waals surface area contributed by atoms with E-state index in [2.05, 4.69) is 12.1 Å². The van der Waals surface area contributed by atoms with E-state index in [-0.39, 0.29) is 11.9 Å². The molecule has 0 amide bonds. The van der Waals surface area contributed by atoms with E-state index in [0.29, 0.717) is 11.7 Å². The second-order valence-electron chi connectivity index (χ2n) is 6.54. The van der Waals surface area contributed by atoms with Gasteiger partial charge in [0.15, 0.2) is 0 Å². The molecule has 2 nitrogen and oxygen atoms in total. The average Bonchev–Trinajstić information content (AvgIpc) is 2.65. The Balaban J connectivity index is 0.000000278. The second-order valence-corrected chi connectivity index (χ2v) is 6.54. The molecule has 0 aromatic heterocycles. The molecule has 0 radical (unpaired) electrons. The van der Waals surface area contributed by atoms with Crippen molar-refractivity contribution in [3.8, 4) is 5.75 Å². The van der Waals surface area contributed by atoms with Gasteiger partial charge in [0, 0.05) is 0 Å². The molecule has 2 atom stereocenters. The van der Waals surface area contributed by atoms with Crippen LogP contribution >= 0.6 is 0 Å². The van der Waals surface area contributed by atoms with E-state index in [1.807, 2.05) is 85.8 Å². The third kappa shape index (κ3) is 4.60. The molecule has 2 unspecified atom stereocenters. The van der Waals surface area contributed by atoms with Crippen molar-refractivity contribution in [2.75, 3.05) is 0 Å². The monoisotopic (exact) mass is 344 g/mol. The molecule has 132 valence electrons. The van der Waals surface area contributed by atoms with Crippen LogP contribution in [0.25, 0.3) is 0 Å². The molecule has 3 aromatic rings. The average molecular weight is 344 g/mol. The molecule has 0 saturated heterocycles. The molecule has 3 aromatic carbocycles. The fourth-order valence-electron chi connectivity index (χ4n) is 3.12. The SMILES string of the molecule is Cc1ccccc1OC(=O)C1CCC1c1ccccc1.c1ccccc1. The Morgan fingerprint density at radius 3 is 1.85 bits per heavy atom. The van der Waals surface area contributed by atoms with E-state index in [1.165, 1.54) is 5.56 Å². The van der Waals surface area contributed by atoms with Crippen LogP contribution in [0, 0.1) is 12.8 Å². The lowest BCUT2D eigenvalue weighted by Gasteiger charge is -2.35. The molecule has 1 aliphatic rings. The zero-order valence-corrected chi connectivity index (χ0v) is 15.0. The number of benzene rings is 3. The highest BCUT2D eigenvalue weighted by Crippen LogP contribution is 2.43. The van der Waals surface area contributed by atoms with Crippen LogP contribution in [0.3, 0.4) is 0 Å². The van der Waals surface area contributed by atoms with Crippen LogP contribution in [-0.4, -0.2) is 5.97 Å². The largest absolute Gasteiger partial charge is 0.426 e. The number of hydrogen-bond donors (Lipinski definition) is 0. The van der Waals surface area contributed by atoms with Gasteiger partial charge >= 0.3 is 5.97 Å². The maximum absolute atomic E-state index is 12.3. The Bertz CT molecular complexity index is 785. The highest BCUT2D eigenvalue weighted by molar-refractivity contribution is 5.77. The van der Waals surface area contributed by atoms with Crippen molar-refractivity contribution < 1.29 is 9.53 Å². The Morgan fingerprint density at radius 1 is 0.769 bits per heavy atom. The molecule has 2 heteroatoms. The zero-order chi connectivity index (χ0) is 18.2. The van der Waals surface area contributed by atoms with E-state index >= 15 is 0 Å². The highest BCUT2D eigenvalue weighted by atomic mass is 16.5. The molecule has 26 heavy (non-hydrogen) atoms. The van der Waals surface area contributed by atoms with Crippen LogP contribution in [0.15, 0.2) is 91.0 Å². The van der Waals surface area contributed by atoms with Crippen molar-refractivity contribution in [1.82, 2.24) is 0 Å². The maximum Gasteiger partial charge on any atom is 0.314 e. The summed E-state index contributed by atoms with van der Waals surface area (Å²) in [5, 5.41) is 0. The van der Waals surface area contributed by atoms with Crippen LogP contribution in [0.2, 0.25) is 0 Å². The van der Waals surface area contributed by atoms with Gasteiger partial charge in [0.1, 0.15) is 5.75 Å². The lowest BCUT2D eigenvalue weighted by Crippen LogP contribution is -2.34. The van der Waals surface area contributed by atoms with Crippen LogP contribution in [0.1, 0.15) is 29.9 Å². The summed E-state index contributed by atoms with van der Waals surface area (Å²) in [5.41, 5.74) is 2.24. The number of aryl methyl sites for hydroxylation is 1. The Kier molecular flexibility index (Phi) is 6.21. The van der Waals surface area contributed by atoms with Gasteiger partial charge in [-0.2, -0.15) is 0 Å². The first-order chi connectivity index (χ1) is 12.8. The number of rotatable bonds is 3. The van der Waals surface area contributed by atoms with Crippen molar-refractivity contribution in [2.45, 2.75) is 25.7 Å². The van der Waals surface area contributed by atoms with Gasteiger partial charge in [0.25, 0.3) is 0 Å². The molecule has 1 aliphatic carbocycles. The normalized spacial score (nSPS) is 18.0. The van der Waals surface area contributed by atoms with E-state index in [1.54, 1.807) is 0 Å². The fraction of sp³-hybridized carbons (Fsp3) is 0.208. The summed E-state index contributed by atoms with van der Waals surface area (Å²) in [6, 6.07) is 29.9. The van der Waals surface area contributed by atoms with E-state index in [0.717, 1.165) is 18.4 Å². The quantitative estimate of drug-likeness (QED) is 0.444. The second kappa shape index (κ2) is 9.00. The fourth-order valence-corrected chi connectivity index (χ4v) is 3.12. The Morgan fingerprint density at radius 2 is 1.31 bits per heavy atom. The number of carbonyl (C=O) groups excluding carboxylic acids is 1. The molecule has 0 spiro atoms. The molecule has 0 heterocycles. The molecular formula is C24H24O2. The summed E-state index contributed by atoms with van der Waals surface area (Å²) in [6.07, 6.45) is 1.99. The molecular weight excluding hydrogens is 320 g/mol. The first-order valence-corrected chi connectivity index (χ1v) is 9.08. The van der Waals surface area contributed by atoms with Crippen LogP contribution in [0.4, 0.5) is 0 Å². The molecule has 1 fully saturated rings. The van der Waals surface area contributed by atoms with Gasteiger partial charge in [-0.3, -0.25) is 4.79 Å². The number of hydrogen-bond acceptors (Lipinski definition) is 2. The molecule has 0 aliphatic heterocycles. The van der Waals surface area contributed by atoms with E-state index in [4.69, 9.17) is 4.74 Å². The molecule has 4 rings (SSSR count). The third-order valence-electron chi connectivity index (χ3n) is 4.78. The Hall–Kier alpha value is -2.87. The predicted octanol–water partition coefficient (Wildman–Crippen LogP) is 5.78. The number of carbonyl (C=O) groups is 1. The van der Waals surface area contributed by atoms with Crippen molar-refractivity contribution in [3.63, 3.8) is 0 Å². The van der Waals surface area contributed by atoms with Gasteiger partial charge in [0.05, 0.1) is 5.92 Å². The van der Waals surface area contributed by atoms with Crippen molar-refractivity contribution in [1.29, 1.82) is 0 Å². The van der Waals surface area contributed by atoms with Gasteiger partial charge in [-0.1, -0.05) is 84.9 Å².